The number of para-hydroxylation sites is 1. The summed E-state index contributed by atoms with van der Waals surface area (Å²) in [6.07, 6.45) is -0.989. The molecule has 4 heteroatoms. The van der Waals surface area contributed by atoms with Crippen LogP contribution in [0.2, 0.25) is 0 Å². The molecule has 2 heterocycles. The largest absolute Gasteiger partial charge is 0.507 e. The molecule has 0 saturated heterocycles. The standard InChI is InChI=1S/C69H75N3O/c1-43-36-47(61-53(45-22-18-17-19-23-45)24-20-26-56(61)68(11,12)13)30-33-59(43)72-60-27-21-25-54(62(60)71-64(72)55-41-52(67(8,9)10)42-57(63(55)73)69(14,15)16)48-37-49(39-51(38-48)66(5,6)7)58-40-46(34-35-70-58)44-28-31-50(32-29-44)65(2,3)4/h17-42,73H,1-16H3/i1D3,2D3,3D3,4D3,8D3,9D3,10D3,14D3,15D3,16D3,28D,29D,31D,32D,34D,35D,40D. The fourth-order valence-electron chi connectivity index (χ4n) is 8.85. The molecule has 9 aromatic rings. The third kappa shape index (κ3) is 10.1. The Morgan fingerprint density at radius 1 is 0.493 bits per heavy atom. The van der Waals surface area contributed by atoms with Crippen LogP contribution in [0.4, 0.5) is 0 Å². The lowest BCUT2D eigenvalue weighted by atomic mass is 9.78. The second-order valence-electron chi connectivity index (χ2n) is 20.2. The average molecular weight is 1000 g/mol. The SMILES string of the molecule is [2H]c1nc(-c2cc(-c3cccc4c3nc(-c3cc(C(C([2H])([2H])[2H])(C([2H])([2H])[2H])C([2H])([2H])[2H])cc(C(C([2H])([2H])[2H])(C([2H])([2H])[2H])C([2H])([2H])[2H])c3O)n4-c3ccc(-c4c(-c5ccccc5)cccc4C(C)(C)C)cc3C([2H])([2H])[2H])cc(C(C)(C)C)c2)c([2H])c(-c2c([2H])c([2H])c(C(C([2H])([2H])[2H])(C([2H])([2H])[2H])C([2H])([2H])[2H])c([2H])c2[2H])c1[2H]. The van der Waals surface area contributed by atoms with Crippen LogP contribution in [-0.4, -0.2) is 19.6 Å². The van der Waals surface area contributed by atoms with Crippen LogP contribution in [0.15, 0.2) is 158 Å². The van der Waals surface area contributed by atoms with Crippen LogP contribution in [0.5, 0.6) is 5.75 Å². The van der Waals surface area contributed by atoms with Gasteiger partial charge < -0.3 is 5.11 Å². The van der Waals surface area contributed by atoms with Crippen molar-refractivity contribution >= 4 is 11.0 Å². The van der Waals surface area contributed by atoms with E-state index >= 15 is 0 Å². The predicted octanol–water partition coefficient (Wildman–Crippen LogP) is 18.9. The Balaban J connectivity index is 1.52. The Hall–Kier alpha value is -7.04. The Morgan fingerprint density at radius 3 is 1.85 bits per heavy atom. The minimum absolute atomic E-state index is 0.0251. The van der Waals surface area contributed by atoms with Crippen molar-refractivity contribution in [3.8, 4) is 78.6 Å². The normalized spacial score (nSPS) is 21.9. The summed E-state index contributed by atoms with van der Waals surface area (Å²) in [5, 5.41) is 13.3. The maximum Gasteiger partial charge on any atom is 0.149 e. The Morgan fingerprint density at radius 2 is 1.16 bits per heavy atom. The maximum atomic E-state index is 13.3. The highest BCUT2D eigenvalue weighted by atomic mass is 16.3. The number of phenols is 1. The number of aromatic hydroxyl groups is 1. The van der Waals surface area contributed by atoms with Gasteiger partial charge in [-0.1, -0.05) is 206 Å². The molecule has 0 aliphatic heterocycles. The molecule has 0 spiro atoms. The number of benzene rings is 7. The molecule has 372 valence electrons. The van der Waals surface area contributed by atoms with Crippen LogP contribution in [-0.2, 0) is 27.1 Å². The molecular formula is C69H75N3O. The summed E-state index contributed by atoms with van der Waals surface area (Å²) >= 11 is 0. The average Bonchev–Trinajstić information content (AvgIpc) is 1.52. The number of phenolic OH excluding ortho intramolecular Hbond substituents is 1. The first-order valence-corrected chi connectivity index (χ1v) is 23.1. The molecule has 0 aliphatic carbocycles. The molecule has 0 unspecified atom stereocenters. The van der Waals surface area contributed by atoms with Gasteiger partial charge in [-0.25, -0.2) is 4.98 Å². The molecule has 0 radical (unpaired) electrons. The number of nitrogens with zero attached hydrogens (tertiary/aromatic N) is 3. The topological polar surface area (TPSA) is 50.9 Å². The molecule has 0 bridgehead atoms. The number of hydrogen-bond donors (Lipinski definition) is 1. The van der Waals surface area contributed by atoms with Gasteiger partial charge in [0.25, 0.3) is 0 Å². The molecule has 7 aromatic carbocycles. The Bertz CT molecular complexity index is 4960. The van der Waals surface area contributed by atoms with Gasteiger partial charge in [0.1, 0.15) is 11.6 Å². The summed E-state index contributed by atoms with van der Waals surface area (Å²) < 4.78 is 329. The minimum Gasteiger partial charge on any atom is -0.507 e. The second-order valence-corrected chi connectivity index (χ2v) is 20.2. The number of aryl methyl sites for hydroxylation is 1. The van der Waals surface area contributed by atoms with Crippen molar-refractivity contribution in [1.82, 2.24) is 14.5 Å². The number of rotatable bonds is 7. The van der Waals surface area contributed by atoms with E-state index in [-0.39, 0.29) is 39.4 Å². The highest BCUT2D eigenvalue weighted by molar-refractivity contribution is 5.97. The fraction of sp³-hybridized carbons (Fsp3) is 0.304. The molecule has 0 aliphatic rings. The van der Waals surface area contributed by atoms with Crippen LogP contribution in [0.1, 0.15) is 187 Å². The molecule has 2 aromatic heterocycles. The van der Waals surface area contributed by atoms with Crippen molar-refractivity contribution < 1.29 is 55.8 Å². The number of imidazole rings is 1. The first kappa shape index (κ1) is 22.6. The van der Waals surface area contributed by atoms with E-state index in [1.165, 1.54) is 48.5 Å². The summed E-state index contributed by atoms with van der Waals surface area (Å²) in [4.78, 5) is 9.29. The van der Waals surface area contributed by atoms with Crippen LogP contribution < -0.4 is 0 Å². The third-order valence-electron chi connectivity index (χ3n) is 12.6. The first-order valence-electron chi connectivity index (χ1n) is 41.6. The fourth-order valence-corrected chi connectivity index (χ4v) is 8.85. The molecule has 0 amide bonds. The monoisotopic (exact) mass is 999 g/mol. The maximum absolute atomic E-state index is 13.3. The van der Waals surface area contributed by atoms with E-state index in [1.54, 1.807) is 45.0 Å². The van der Waals surface area contributed by atoms with E-state index in [0.717, 1.165) is 10.1 Å². The molecule has 0 fully saturated rings. The Kier molecular flexibility index (Phi) is 5.72. The van der Waals surface area contributed by atoms with E-state index < -0.39 is 200 Å². The molecule has 0 saturated carbocycles. The second kappa shape index (κ2) is 18.5. The zero-order valence-electron chi connectivity index (χ0n) is 77.8. The van der Waals surface area contributed by atoms with E-state index in [2.05, 4.69) is 4.98 Å². The van der Waals surface area contributed by atoms with Crippen LogP contribution >= 0.6 is 0 Å². The zero-order valence-corrected chi connectivity index (χ0v) is 40.8. The van der Waals surface area contributed by atoms with Gasteiger partial charge in [0.05, 0.1) is 37.6 Å². The van der Waals surface area contributed by atoms with Crippen LogP contribution in [0.25, 0.3) is 83.9 Å². The van der Waals surface area contributed by atoms with Crippen molar-refractivity contribution in [3.05, 3.63) is 191 Å². The molecular weight excluding hydrogens is 887 g/mol. The van der Waals surface area contributed by atoms with Gasteiger partial charge in [-0.2, -0.15) is 0 Å². The lowest BCUT2D eigenvalue weighted by Crippen LogP contribution is -2.17. The van der Waals surface area contributed by atoms with Gasteiger partial charge in [-0.15, -0.1) is 0 Å². The first-order chi connectivity index (χ1) is 49.6. The number of hydrogen-bond acceptors (Lipinski definition) is 3. The van der Waals surface area contributed by atoms with Gasteiger partial charge in [-0.3, -0.25) is 9.55 Å². The quantitative estimate of drug-likeness (QED) is 0.173. The third-order valence-corrected chi connectivity index (χ3v) is 12.6. The summed E-state index contributed by atoms with van der Waals surface area (Å²) in [7, 11) is 0. The summed E-state index contributed by atoms with van der Waals surface area (Å²) in [5.41, 5.74) is -21.2. The van der Waals surface area contributed by atoms with Crippen molar-refractivity contribution in [3.63, 3.8) is 0 Å². The lowest BCUT2D eigenvalue weighted by molar-refractivity contribution is 0.446. The van der Waals surface area contributed by atoms with E-state index in [4.69, 9.17) is 47.5 Å². The lowest BCUT2D eigenvalue weighted by Gasteiger charge is -2.28. The number of fused-ring (bicyclic) bond motifs is 1. The van der Waals surface area contributed by atoms with E-state index in [0.29, 0.717) is 28.3 Å². The smallest absolute Gasteiger partial charge is 0.149 e. The number of pyridine rings is 1. The molecule has 4 nitrogen and oxygen atoms in total. The predicted molar refractivity (Wildman–Crippen MR) is 311 cm³/mol. The molecule has 9 rings (SSSR count). The summed E-state index contributed by atoms with van der Waals surface area (Å²) in [6.45, 7) is -30.5. The van der Waals surface area contributed by atoms with Gasteiger partial charge in [0.15, 0.2) is 0 Å². The highest BCUT2D eigenvalue weighted by Gasteiger charge is 2.30. The van der Waals surface area contributed by atoms with Gasteiger partial charge >= 0.3 is 0 Å². The van der Waals surface area contributed by atoms with Crippen molar-refractivity contribution in [2.75, 3.05) is 0 Å². The van der Waals surface area contributed by atoms with Crippen molar-refractivity contribution in [2.45, 2.75) is 137 Å². The van der Waals surface area contributed by atoms with Crippen molar-refractivity contribution in [2.24, 2.45) is 0 Å². The van der Waals surface area contributed by atoms with Gasteiger partial charge in [-0.05, 0) is 149 Å². The number of aromatic nitrogens is 3. The molecule has 73 heavy (non-hydrogen) atoms. The minimum atomic E-state index is -4.41. The summed E-state index contributed by atoms with van der Waals surface area (Å²) in [6, 6.07) is 20.2. The Labute approximate surface area is 488 Å². The van der Waals surface area contributed by atoms with E-state index in [9.17, 15) is 13.3 Å². The molecule has 0 atom stereocenters. The van der Waals surface area contributed by atoms with Crippen LogP contribution in [0.3, 0.4) is 0 Å². The van der Waals surface area contributed by atoms with Gasteiger partial charge in [0.2, 0.25) is 0 Å². The highest BCUT2D eigenvalue weighted by Crippen LogP contribution is 2.47. The van der Waals surface area contributed by atoms with Crippen molar-refractivity contribution in [1.29, 1.82) is 0 Å². The van der Waals surface area contributed by atoms with Gasteiger partial charge in [0, 0.05) is 64.0 Å². The zero-order chi connectivity index (χ0) is 83.7. The molecule has 1 N–H and O–H groups in total. The summed E-state index contributed by atoms with van der Waals surface area (Å²) in [5.74, 6) is -2.55. The van der Waals surface area contributed by atoms with Crippen LogP contribution in [0, 0.1) is 6.85 Å². The van der Waals surface area contributed by atoms with E-state index in [1.807, 2.05) is 51.1 Å².